The smallest absolute Gasteiger partial charge is 0.287 e. The van der Waals surface area contributed by atoms with Gasteiger partial charge in [0.05, 0.1) is 11.1 Å². The molecule has 1 rings (SSSR count). The molecule has 1 amide bonds. The van der Waals surface area contributed by atoms with Gasteiger partial charge in [0, 0.05) is 17.9 Å². The minimum Gasteiger partial charge on any atom is -0.287 e. The van der Waals surface area contributed by atoms with Crippen LogP contribution in [0.4, 0.5) is 13.2 Å². The number of halogens is 3. The average Bonchev–Trinajstić information content (AvgIpc) is 2.24. The minimum absolute atomic E-state index is 0.448. The van der Waals surface area contributed by atoms with Gasteiger partial charge in [-0.2, -0.15) is 13.2 Å². The molecule has 1 heterocycles. The molecule has 0 aromatic carbocycles. The fourth-order valence-corrected chi connectivity index (χ4v) is 1.13. The number of aromatic nitrogens is 1. The van der Waals surface area contributed by atoms with E-state index in [1.165, 1.54) is 0 Å². The van der Waals surface area contributed by atoms with E-state index in [-0.39, 0.29) is 0 Å². The summed E-state index contributed by atoms with van der Waals surface area (Å²) in [5.74, 6) is -0.870. The number of rotatable bonds is 2. The maximum absolute atomic E-state index is 12.7. The van der Waals surface area contributed by atoms with Crippen LogP contribution in [0.5, 0.6) is 0 Å². The van der Waals surface area contributed by atoms with Gasteiger partial charge in [0.1, 0.15) is 0 Å². The summed E-state index contributed by atoms with van der Waals surface area (Å²) in [6.45, 7) is 5.30. The van der Waals surface area contributed by atoms with E-state index in [0.717, 1.165) is 18.5 Å². The van der Waals surface area contributed by atoms with E-state index in [1.807, 2.05) is 0 Å². The van der Waals surface area contributed by atoms with Crippen LogP contribution in [0.25, 0.3) is 0 Å². The Balaban J connectivity index is 2.93. The molecule has 1 aromatic rings. The summed E-state index contributed by atoms with van der Waals surface area (Å²) >= 11 is 0. The molecule has 0 aliphatic carbocycles. The lowest BCUT2D eigenvalue weighted by Gasteiger charge is -2.21. The zero-order valence-electron chi connectivity index (χ0n) is 10.2. The maximum Gasteiger partial charge on any atom is 0.417 e. The minimum atomic E-state index is -4.59. The van der Waals surface area contributed by atoms with Crippen LogP contribution < -0.4 is 10.9 Å². The number of alkyl halides is 3. The molecule has 2 N–H and O–H groups in total. The Hall–Kier alpha value is -1.63. The lowest BCUT2D eigenvalue weighted by atomic mass is 10.1. The van der Waals surface area contributed by atoms with Crippen molar-refractivity contribution in [1.82, 2.24) is 15.8 Å². The third-order valence-electron chi connectivity index (χ3n) is 1.92. The van der Waals surface area contributed by atoms with Gasteiger partial charge in [-0.1, -0.05) is 0 Å². The summed E-state index contributed by atoms with van der Waals surface area (Å²) in [4.78, 5) is 15.2. The van der Waals surface area contributed by atoms with Crippen molar-refractivity contribution in [3.63, 3.8) is 0 Å². The van der Waals surface area contributed by atoms with E-state index in [4.69, 9.17) is 0 Å². The van der Waals surface area contributed by atoms with Gasteiger partial charge in [0.25, 0.3) is 5.91 Å². The van der Waals surface area contributed by atoms with Crippen molar-refractivity contribution in [2.75, 3.05) is 0 Å². The van der Waals surface area contributed by atoms with E-state index < -0.39 is 28.7 Å². The highest BCUT2D eigenvalue weighted by Crippen LogP contribution is 2.31. The predicted molar refractivity (Wildman–Crippen MR) is 59.6 cm³/mol. The summed E-state index contributed by atoms with van der Waals surface area (Å²) in [6, 6.07) is 0.770. The molecule has 0 aliphatic heterocycles. The Morgan fingerprint density at radius 2 is 1.89 bits per heavy atom. The standard InChI is InChI=1S/C11H14F3N3O/c1-10(2,3)17-16-9(18)7-6-15-5-4-8(7)11(12,13)14/h4-6,17H,1-3H3,(H,16,18). The second-order valence-corrected chi connectivity index (χ2v) is 4.75. The maximum atomic E-state index is 12.7. The van der Waals surface area contributed by atoms with Gasteiger partial charge in [0.2, 0.25) is 0 Å². The van der Waals surface area contributed by atoms with E-state index in [2.05, 4.69) is 15.8 Å². The van der Waals surface area contributed by atoms with Crippen molar-refractivity contribution in [3.05, 3.63) is 29.6 Å². The summed E-state index contributed by atoms with van der Waals surface area (Å²) < 4.78 is 38.0. The molecule has 18 heavy (non-hydrogen) atoms. The Morgan fingerprint density at radius 1 is 1.28 bits per heavy atom. The van der Waals surface area contributed by atoms with Crippen LogP contribution in [0, 0.1) is 0 Å². The number of hydrazine groups is 1. The molecule has 0 atom stereocenters. The first-order chi connectivity index (χ1) is 8.11. The fraction of sp³-hybridized carbons (Fsp3) is 0.455. The second-order valence-electron chi connectivity index (χ2n) is 4.75. The zero-order valence-corrected chi connectivity index (χ0v) is 10.2. The topological polar surface area (TPSA) is 54.0 Å². The third kappa shape index (κ3) is 3.99. The first-order valence-corrected chi connectivity index (χ1v) is 5.20. The van der Waals surface area contributed by atoms with E-state index in [0.29, 0.717) is 0 Å². The molecule has 1 aromatic heterocycles. The molecule has 100 valence electrons. The van der Waals surface area contributed by atoms with Gasteiger partial charge in [-0.3, -0.25) is 15.2 Å². The van der Waals surface area contributed by atoms with Crippen LogP contribution in [0.15, 0.2) is 18.5 Å². The molecule has 0 saturated carbocycles. The number of nitrogens with one attached hydrogen (secondary N) is 2. The second kappa shape index (κ2) is 4.93. The molecule has 0 aliphatic rings. The summed E-state index contributed by atoms with van der Waals surface area (Å²) in [5, 5.41) is 0. The third-order valence-corrected chi connectivity index (χ3v) is 1.92. The van der Waals surface area contributed by atoms with Crippen LogP contribution in [0.3, 0.4) is 0 Å². The summed E-state index contributed by atoms with van der Waals surface area (Å²) in [5.41, 5.74) is 2.86. The van der Waals surface area contributed by atoms with Gasteiger partial charge in [-0.05, 0) is 26.8 Å². The number of carbonyl (C=O) groups excluding carboxylic acids is 1. The molecular weight excluding hydrogens is 247 g/mol. The van der Waals surface area contributed by atoms with Crippen LogP contribution in [0.2, 0.25) is 0 Å². The molecule has 0 radical (unpaired) electrons. The molecule has 0 fully saturated rings. The van der Waals surface area contributed by atoms with Crippen molar-refractivity contribution in [2.24, 2.45) is 0 Å². The number of amides is 1. The molecule has 7 heteroatoms. The van der Waals surface area contributed by atoms with Gasteiger partial charge in [-0.15, -0.1) is 0 Å². The quantitative estimate of drug-likeness (QED) is 0.802. The number of hydrogen-bond donors (Lipinski definition) is 2. The molecule has 0 unspecified atom stereocenters. The molecule has 0 saturated heterocycles. The van der Waals surface area contributed by atoms with Crippen LogP contribution in [-0.2, 0) is 6.18 Å². The lowest BCUT2D eigenvalue weighted by molar-refractivity contribution is -0.138. The van der Waals surface area contributed by atoms with Crippen molar-refractivity contribution in [3.8, 4) is 0 Å². The van der Waals surface area contributed by atoms with Crippen molar-refractivity contribution < 1.29 is 18.0 Å². The average molecular weight is 261 g/mol. The van der Waals surface area contributed by atoms with E-state index >= 15 is 0 Å². The predicted octanol–water partition coefficient (Wildman–Crippen LogP) is 2.13. The fourth-order valence-electron chi connectivity index (χ4n) is 1.13. The zero-order chi connectivity index (χ0) is 14.0. The van der Waals surface area contributed by atoms with Crippen molar-refractivity contribution >= 4 is 5.91 Å². The summed E-state index contributed by atoms with van der Waals surface area (Å²) in [6.07, 6.45) is -2.70. The SMILES string of the molecule is CC(C)(C)NNC(=O)c1cnccc1C(F)(F)F. The lowest BCUT2D eigenvalue weighted by Crippen LogP contribution is -2.49. The number of hydrogen-bond acceptors (Lipinski definition) is 3. The highest BCUT2D eigenvalue weighted by atomic mass is 19.4. The Morgan fingerprint density at radius 3 is 2.39 bits per heavy atom. The van der Waals surface area contributed by atoms with Gasteiger partial charge in [-0.25, -0.2) is 5.43 Å². The Bertz CT molecular complexity index is 438. The van der Waals surface area contributed by atoms with Gasteiger partial charge < -0.3 is 0 Å². The molecular formula is C11H14F3N3O. The van der Waals surface area contributed by atoms with E-state index in [1.54, 1.807) is 20.8 Å². The Labute approximate surface area is 103 Å². The number of nitrogens with zero attached hydrogens (tertiary/aromatic N) is 1. The van der Waals surface area contributed by atoms with Crippen LogP contribution in [-0.4, -0.2) is 16.4 Å². The highest BCUT2D eigenvalue weighted by molar-refractivity contribution is 5.95. The molecule has 0 bridgehead atoms. The molecule has 0 spiro atoms. The molecule has 4 nitrogen and oxygen atoms in total. The largest absolute Gasteiger partial charge is 0.417 e. The number of carbonyl (C=O) groups is 1. The normalized spacial score (nSPS) is 12.3. The van der Waals surface area contributed by atoms with Crippen LogP contribution in [0.1, 0.15) is 36.7 Å². The van der Waals surface area contributed by atoms with E-state index in [9.17, 15) is 18.0 Å². The van der Waals surface area contributed by atoms with Gasteiger partial charge in [0.15, 0.2) is 0 Å². The van der Waals surface area contributed by atoms with Crippen molar-refractivity contribution in [1.29, 1.82) is 0 Å². The van der Waals surface area contributed by atoms with Gasteiger partial charge >= 0.3 is 6.18 Å². The highest BCUT2D eigenvalue weighted by Gasteiger charge is 2.35. The first-order valence-electron chi connectivity index (χ1n) is 5.20. The van der Waals surface area contributed by atoms with Crippen molar-refractivity contribution in [2.45, 2.75) is 32.5 Å². The monoisotopic (exact) mass is 261 g/mol. The Kier molecular flexibility index (Phi) is 3.95. The number of pyridine rings is 1. The first kappa shape index (κ1) is 14.4. The van der Waals surface area contributed by atoms with Crippen LogP contribution >= 0.6 is 0 Å². The summed E-state index contributed by atoms with van der Waals surface area (Å²) in [7, 11) is 0.